The van der Waals surface area contributed by atoms with E-state index in [0.717, 1.165) is 0 Å². The second-order valence-electron chi connectivity index (χ2n) is 4.36. The Kier molecular flexibility index (Phi) is 1.50. The van der Waals surface area contributed by atoms with Crippen molar-refractivity contribution in [3.05, 3.63) is 35.4 Å². The van der Waals surface area contributed by atoms with Gasteiger partial charge in [-0.1, -0.05) is 24.3 Å². The van der Waals surface area contributed by atoms with Crippen molar-refractivity contribution in [2.45, 2.75) is 24.7 Å². The molecule has 2 aliphatic rings. The monoisotopic (exact) mass is 173 g/mol. The Morgan fingerprint density at radius 2 is 2.08 bits per heavy atom. The fraction of sp³-hybridized carbons (Fsp3) is 0.500. The van der Waals surface area contributed by atoms with Gasteiger partial charge in [0.25, 0.3) is 0 Å². The normalized spacial score (nSPS) is 31.1. The molecule has 1 aliphatic carbocycles. The van der Waals surface area contributed by atoms with Gasteiger partial charge in [-0.3, -0.25) is 0 Å². The van der Waals surface area contributed by atoms with E-state index < -0.39 is 0 Å². The predicted molar refractivity (Wildman–Crippen MR) is 53.9 cm³/mol. The van der Waals surface area contributed by atoms with Gasteiger partial charge in [-0.05, 0) is 36.9 Å². The standard InChI is InChI=1S/C12H15N/c1-2-4-11-10(3-1)5-6-12(11)7-8-13-9-12/h1-4,13H,5-9H2/t12-/m0/s1. The van der Waals surface area contributed by atoms with Crippen LogP contribution in [0.1, 0.15) is 24.0 Å². The lowest BCUT2D eigenvalue weighted by Gasteiger charge is -2.23. The summed E-state index contributed by atoms with van der Waals surface area (Å²) in [5.74, 6) is 0. The molecule has 1 aliphatic heterocycles. The van der Waals surface area contributed by atoms with Crippen molar-refractivity contribution in [2.75, 3.05) is 13.1 Å². The molecule has 13 heavy (non-hydrogen) atoms. The fourth-order valence-corrected chi connectivity index (χ4v) is 2.95. The summed E-state index contributed by atoms with van der Waals surface area (Å²) in [4.78, 5) is 0. The third kappa shape index (κ3) is 0.969. The van der Waals surface area contributed by atoms with Crippen molar-refractivity contribution in [3.63, 3.8) is 0 Å². The zero-order valence-corrected chi connectivity index (χ0v) is 7.84. The second kappa shape index (κ2) is 2.58. The molecule has 0 saturated carbocycles. The Hall–Kier alpha value is -0.820. The number of hydrogen-bond acceptors (Lipinski definition) is 1. The van der Waals surface area contributed by atoms with E-state index in [9.17, 15) is 0 Å². The van der Waals surface area contributed by atoms with Crippen LogP contribution in [0.4, 0.5) is 0 Å². The first-order valence-electron chi connectivity index (χ1n) is 5.20. The highest BCUT2D eigenvalue weighted by Crippen LogP contribution is 2.42. The van der Waals surface area contributed by atoms with Crippen molar-refractivity contribution >= 4 is 0 Å². The number of benzene rings is 1. The molecule has 1 atom stereocenters. The zero-order chi connectivity index (χ0) is 8.73. The van der Waals surface area contributed by atoms with Gasteiger partial charge in [0.1, 0.15) is 0 Å². The van der Waals surface area contributed by atoms with Crippen molar-refractivity contribution in [3.8, 4) is 0 Å². The molecule has 1 heteroatoms. The van der Waals surface area contributed by atoms with E-state index >= 15 is 0 Å². The average molecular weight is 173 g/mol. The Morgan fingerprint density at radius 1 is 1.15 bits per heavy atom. The minimum atomic E-state index is 0.511. The van der Waals surface area contributed by atoms with Crippen LogP contribution >= 0.6 is 0 Å². The summed E-state index contributed by atoms with van der Waals surface area (Å²) in [7, 11) is 0. The number of nitrogens with one attached hydrogen (secondary N) is 1. The molecule has 1 heterocycles. The molecule has 1 saturated heterocycles. The zero-order valence-electron chi connectivity index (χ0n) is 7.84. The Morgan fingerprint density at radius 3 is 2.92 bits per heavy atom. The lowest BCUT2D eigenvalue weighted by atomic mass is 9.81. The van der Waals surface area contributed by atoms with E-state index in [0.29, 0.717) is 5.41 Å². The van der Waals surface area contributed by atoms with E-state index in [1.165, 1.54) is 32.4 Å². The highest BCUT2D eigenvalue weighted by molar-refractivity contribution is 5.40. The van der Waals surface area contributed by atoms with Gasteiger partial charge in [-0.15, -0.1) is 0 Å². The van der Waals surface area contributed by atoms with E-state index in [1.54, 1.807) is 11.1 Å². The molecule has 1 fully saturated rings. The molecule has 1 spiro atoms. The average Bonchev–Trinajstić information content (AvgIpc) is 2.78. The second-order valence-corrected chi connectivity index (χ2v) is 4.36. The number of hydrogen-bond donors (Lipinski definition) is 1. The lowest BCUT2D eigenvalue weighted by molar-refractivity contribution is 0.468. The van der Waals surface area contributed by atoms with Gasteiger partial charge in [0, 0.05) is 12.0 Å². The van der Waals surface area contributed by atoms with E-state index in [-0.39, 0.29) is 0 Å². The molecule has 0 aromatic heterocycles. The molecule has 0 radical (unpaired) electrons. The molecule has 1 aromatic rings. The molecule has 3 rings (SSSR count). The SMILES string of the molecule is c1ccc2c(c1)CC[C@@]21CCNC1. The van der Waals surface area contributed by atoms with Gasteiger partial charge >= 0.3 is 0 Å². The van der Waals surface area contributed by atoms with Crippen molar-refractivity contribution in [2.24, 2.45) is 0 Å². The van der Waals surface area contributed by atoms with Gasteiger partial charge in [-0.2, -0.15) is 0 Å². The molecule has 0 unspecified atom stereocenters. The van der Waals surface area contributed by atoms with E-state index in [1.807, 2.05) is 0 Å². The third-order valence-corrected chi connectivity index (χ3v) is 3.71. The van der Waals surface area contributed by atoms with Gasteiger partial charge in [0.05, 0.1) is 0 Å². The molecule has 1 nitrogen and oxygen atoms in total. The van der Waals surface area contributed by atoms with E-state index in [2.05, 4.69) is 29.6 Å². The van der Waals surface area contributed by atoms with Crippen molar-refractivity contribution in [1.29, 1.82) is 0 Å². The van der Waals surface area contributed by atoms with Crippen LogP contribution in [0, 0.1) is 0 Å². The smallest absolute Gasteiger partial charge is 0.00957 e. The van der Waals surface area contributed by atoms with Crippen LogP contribution < -0.4 is 5.32 Å². The quantitative estimate of drug-likeness (QED) is 0.631. The van der Waals surface area contributed by atoms with Crippen LogP contribution in [0.2, 0.25) is 0 Å². The Bertz CT molecular complexity index is 324. The summed E-state index contributed by atoms with van der Waals surface area (Å²) >= 11 is 0. The van der Waals surface area contributed by atoms with Gasteiger partial charge < -0.3 is 5.32 Å². The number of rotatable bonds is 0. The summed E-state index contributed by atoms with van der Waals surface area (Å²) in [6, 6.07) is 8.97. The van der Waals surface area contributed by atoms with Crippen LogP contribution in [0.25, 0.3) is 0 Å². The third-order valence-electron chi connectivity index (χ3n) is 3.71. The summed E-state index contributed by atoms with van der Waals surface area (Å²) in [5.41, 5.74) is 3.72. The molecular weight excluding hydrogens is 158 g/mol. The molecule has 68 valence electrons. The largest absolute Gasteiger partial charge is 0.316 e. The highest BCUT2D eigenvalue weighted by atomic mass is 14.9. The first-order chi connectivity index (χ1) is 6.41. The first kappa shape index (κ1) is 7.57. The molecular formula is C12H15N. The maximum atomic E-state index is 3.50. The maximum absolute atomic E-state index is 3.50. The van der Waals surface area contributed by atoms with Gasteiger partial charge in [0.15, 0.2) is 0 Å². The van der Waals surface area contributed by atoms with E-state index in [4.69, 9.17) is 0 Å². The predicted octanol–water partition coefficient (Wildman–Crippen LogP) is 1.86. The Balaban J connectivity index is 2.11. The Labute approximate surface area is 79.2 Å². The summed E-state index contributed by atoms with van der Waals surface area (Å²) < 4.78 is 0. The topological polar surface area (TPSA) is 12.0 Å². The number of aryl methyl sites for hydroxylation is 1. The lowest BCUT2D eigenvalue weighted by Crippen LogP contribution is -2.25. The van der Waals surface area contributed by atoms with Crippen molar-refractivity contribution < 1.29 is 0 Å². The van der Waals surface area contributed by atoms with Crippen LogP contribution in [0.15, 0.2) is 24.3 Å². The van der Waals surface area contributed by atoms with Gasteiger partial charge in [0.2, 0.25) is 0 Å². The molecule has 1 aromatic carbocycles. The minimum absolute atomic E-state index is 0.511. The number of fused-ring (bicyclic) bond motifs is 2. The van der Waals surface area contributed by atoms with Crippen LogP contribution in [-0.2, 0) is 11.8 Å². The first-order valence-corrected chi connectivity index (χ1v) is 5.20. The summed E-state index contributed by atoms with van der Waals surface area (Å²) in [5, 5.41) is 3.50. The molecule has 1 N–H and O–H groups in total. The highest BCUT2D eigenvalue weighted by Gasteiger charge is 2.40. The van der Waals surface area contributed by atoms with Crippen LogP contribution in [0.5, 0.6) is 0 Å². The molecule has 0 amide bonds. The minimum Gasteiger partial charge on any atom is -0.316 e. The van der Waals surface area contributed by atoms with Crippen molar-refractivity contribution in [1.82, 2.24) is 5.32 Å². The van der Waals surface area contributed by atoms with Gasteiger partial charge in [-0.25, -0.2) is 0 Å². The molecule has 0 bridgehead atoms. The van der Waals surface area contributed by atoms with Crippen LogP contribution in [0.3, 0.4) is 0 Å². The van der Waals surface area contributed by atoms with Crippen LogP contribution in [-0.4, -0.2) is 13.1 Å². The summed E-state index contributed by atoms with van der Waals surface area (Å²) in [6.45, 7) is 2.40. The fourth-order valence-electron chi connectivity index (χ4n) is 2.95. The maximum Gasteiger partial charge on any atom is 0.00957 e. The summed E-state index contributed by atoms with van der Waals surface area (Å²) in [6.07, 6.45) is 3.99.